The number of rotatable bonds is 2. The lowest BCUT2D eigenvalue weighted by atomic mass is 10.3. The fourth-order valence-electron chi connectivity index (χ4n) is 1.63. The summed E-state index contributed by atoms with van der Waals surface area (Å²) >= 11 is 3.33. The van der Waals surface area contributed by atoms with Crippen molar-refractivity contribution >= 4 is 21.7 Å². The van der Waals surface area contributed by atoms with Gasteiger partial charge in [-0.05, 0) is 22.4 Å². The Morgan fingerprint density at radius 2 is 2.43 bits per heavy atom. The van der Waals surface area contributed by atoms with Crippen LogP contribution in [0.3, 0.4) is 0 Å². The largest absolute Gasteiger partial charge is 0.380 e. The van der Waals surface area contributed by atoms with E-state index in [9.17, 15) is 0 Å². The Hall–Kier alpha value is -0.680. The third-order valence-corrected chi connectivity index (χ3v) is 2.86. The molecular weight excluding hydrogens is 246 g/mol. The number of halogens is 1. The highest BCUT2D eigenvalue weighted by molar-refractivity contribution is 9.10. The summed E-state index contributed by atoms with van der Waals surface area (Å²) in [5, 5.41) is 0. The van der Waals surface area contributed by atoms with Gasteiger partial charge in [0.15, 0.2) is 0 Å². The fourth-order valence-corrected chi connectivity index (χ4v) is 1.92. The molecule has 1 saturated heterocycles. The van der Waals surface area contributed by atoms with Gasteiger partial charge in [0.05, 0.1) is 6.10 Å². The van der Waals surface area contributed by atoms with Crippen molar-refractivity contribution in [3.63, 3.8) is 0 Å². The lowest BCUT2D eigenvalue weighted by Gasteiger charge is -2.16. The standard InChI is InChI=1S/C9H12BrN3O/c1-14-7-2-3-13(5-7)9-4-8(10)11-6-12-9/h4,6-7H,2-3,5H2,1H3. The minimum Gasteiger partial charge on any atom is -0.380 e. The Kier molecular flexibility index (Phi) is 2.98. The van der Waals surface area contributed by atoms with E-state index in [0.717, 1.165) is 29.9 Å². The van der Waals surface area contributed by atoms with Gasteiger partial charge in [0, 0.05) is 26.3 Å². The lowest BCUT2D eigenvalue weighted by Crippen LogP contribution is -2.23. The summed E-state index contributed by atoms with van der Waals surface area (Å²) in [6.45, 7) is 1.92. The minimum atomic E-state index is 0.337. The van der Waals surface area contributed by atoms with Crippen LogP contribution in [0.2, 0.25) is 0 Å². The van der Waals surface area contributed by atoms with Crippen LogP contribution in [0.15, 0.2) is 17.0 Å². The Morgan fingerprint density at radius 3 is 3.07 bits per heavy atom. The molecule has 0 amide bonds. The van der Waals surface area contributed by atoms with Crippen LogP contribution in [0.5, 0.6) is 0 Å². The van der Waals surface area contributed by atoms with E-state index in [1.165, 1.54) is 0 Å². The maximum absolute atomic E-state index is 5.30. The second kappa shape index (κ2) is 4.23. The van der Waals surface area contributed by atoms with Crippen LogP contribution in [0.1, 0.15) is 6.42 Å². The second-order valence-corrected chi connectivity index (χ2v) is 4.10. The summed E-state index contributed by atoms with van der Waals surface area (Å²) < 4.78 is 6.12. The van der Waals surface area contributed by atoms with Crippen LogP contribution >= 0.6 is 15.9 Å². The van der Waals surface area contributed by atoms with Gasteiger partial charge in [-0.1, -0.05) is 0 Å². The van der Waals surface area contributed by atoms with Crippen molar-refractivity contribution in [2.45, 2.75) is 12.5 Å². The summed E-state index contributed by atoms with van der Waals surface area (Å²) in [6.07, 6.45) is 2.97. The number of hydrogen-bond acceptors (Lipinski definition) is 4. The SMILES string of the molecule is COC1CCN(c2cc(Br)ncn2)C1. The third-order valence-electron chi connectivity index (χ3n) is 2.42. The second-order valence-electron chi connectivity index (χ2n) is 3.29. The zero-order valence-electron chi connectivity index (χ0n) is 7.98. The Morgan fingerprint density at radius 1 is 1.57 bits per heavy atom. The summed E-state index contributed by atoms with van der Waals surface area (Å²) in [5.41, 5.74) is 0. The molecule has 2 rings (SSSR count). The van der Waals surface area contributed by atoms with Gasteiger partial charge in [-0.15, -0.1) is 0 Å². The molecule has 14 heavy (non-hydrogen) atoms. The van der Waals surface area contributed by atoms with E-state index in [2.05, 4.69) is 30.8 Å². The number of hydrogen-bond donors (Lipinski definition) is 0. The van der Waals surface area contributed by atoms with Crippen molar-refractivity contribution in [2.75, 3.05) is 25.1 Å². The zero-order valence-corrected chi connectivity index (χ0v) is 9.57. The topological polar surface area (TPSA) is 38.2 Å². The van der Waals surface area contributed by atoms with Gasteiger partial charge in [0.2, 0.25) is 0 Å². The molecule has 5 heteroatoms. The molecule has 2 heterocycles. The molecule has 1 unspecified atom stereocenters. The van der Waals surface area contributed by atoms with Crippen molar-refractivity contribution in [1.29, 1.82) is 0 Å². The smallest absolute Gasteiger partial charge is 0.133 e. The van der Waals surface area contributed by atoms with E-state index >= 15 is 0 Å². The van der Waals surface area contributed by atoms with Crippen molar-refractivity contribution in [2.24, 2.45) is 0 Å². The molecule has 1 fully saturated rings. The predicted octanol–water partition coefficient (Wildman–Crippen LogP) is 1.46. The number of ether oxygens (including phenoxy) is 1. The van der Waals surface area contributed by atoms with Gasteiger partial charge in [-0.3, -0.25) is 0 Å². The molecule has 4 nitrogen and oxygen atoms in total. The first-order valence-corrected chi connectivity index (χ1v) is 5.34. The van der Waals surface area contributed by atoms with E-state index in [-0.39, 0.29) is 0 Å². The third kappa shape index (κ3) is 2.04. The number of methoxy groups -OCH3 is 1. The van der Waals surface area contributed by atoms with Crippen LogP contribution in [-0.4, -0.2) is 36.3 Å². The van der Waals surface area contributed by atoms with Crippen LogP contribution in [0, 0.1) is 0 Å². The van der Waals surface area contributed by atoms with E-state index in [1.54, 1.807) is 13.4 Å². The highest BCUT2D eigenvalue weighted by Crippen LogP contribution is 2.20. The maximum atomic E-state index is 5.30. The molecule has 0 aromatic carbocycles. The van der Waals surface area contributed by atoms with Crippen LogP contribution in [-0.2, 0) is 4.74 Å². The highest BCUT2D eigenvalue weighted by atomic mass is 79.9. The van der Waals surface area contributed by atoms with Crippen molar-refractivity contribution < 1.29 is 4.74 Å². The molecule has 0 bridgehead atoms. The normalized spacial score (nSPS) is 21.6. The molecule has 1 aromatic rings. The van der Waals surface area contributed by atoms with E-state index < -0.39 is 0 Å². The summed E-state index contributed by atoms with van der Waals surface area (Å²) in [6, 6.07) is 1.93. The molecule has 1 aromatic heterocycles. The lowest BCUT2D eigenvalue weighted by molar-refractivity contribution is 0.121. The van der Waals surface area contributed by atoms with Crippen molar-refractivity contribution in [3.8, 4) is 0 Å². The van der Waals surface area contributed by atoms with Gasteiger partial charge in [0.25, 0.3) is 0 Å². The summed E-state index contributed by atoms with van der Waals surface area (Å²) in [5.74, 6) is 0.964. The quantitative estimate of drug-likeness (QED) is 0.753. The monoisotopic (exact) mass is 257 g/mol. The van der Waals surface area contributed by atoms with Gasteiger partial charge < -0.3 is 9.64 Å². The predicted molar refractivity (Wildman–Crippen MR) is 57.4 cm³/mol. The van der Waals surface area contributed by atoms with Crippen molar-refractivity contribution in [3.05, 3.63) is 17.0 Å². The Balaban J connectivity index is 2.09. The maximum Gasteiger partial charge on any atom is 0.133 e. The van der Waals surface area contributed by atoms with Gasteiger partial charge in [-0.25, -0.2) is 9.97 Å². The van der Waals surface area contributed by atoms with Gasteiger partial charge >= 0.3 is 0 Å². The average Bonchev–Trinajstić information content (AvgIpc) is 2.66. The Labute approximate surface area is 91.4 Å². The first-order chi connectivity index (χ1) is 6.79. The highest BCUT2D eigenvalue weighted by Gasteiger charge is 2.22. The number of nitrogens with zero attached hydrogens (tertiary/aromatic N) is 3. The first-order valence-electron chi connectivity index (χ1n) is 4.55. The van der Waals surface area contributed by atoms with E-state index in [4.69, 9.17) is 4.74 Å². The number of aromatic nitrogens is 2. The molecule has 1 aliphatic heterocycles. The van der Waals surface area contributed by atoms with Gasteiger partial charge in [-0.2, -0.15) is 0 Å². The zero-order chi connectivity index (χ0) is 9.97. The van der Waals surface area contributed by atoms with Crippen LogP contribution in [0.4, 0.5) is 5.82 Å². The fraction of sp³-hybridized carbons (Fsp3) is 0.556. The molecule has 76 valence electrons. The summed E-state index contributed by atoms with van der Waals surface area (Å²) in [7, 11) is 1.75. The molecule has 0 N–H and O–H groups in total. The van der Waals surface area contributed by atoms with Crippen molar-refractivity contribution in [1.82, 2.24) is 9.97 Å². The van der Waals surface area contributed by atoms with Crippen LogP contribution < -0.4 is 4.90 Å². The molecule has 0 spiro atoms. The van der Waals surface area contributed by atoms with Gasteiger partial charge in [0.1, 0.15) is 16.7 Å². The first kappa shape index (κ1) is 9.86. The molecular formula is C9H12BrN3O. The molecule has 0 aliphatic carbocycles. The van der Waals surface area contributed by atoms with Crippen LogP contribution in [0.25, 0.3) is 0 Å². The summed E-state index contributed by atoms with van der Waals surface area (Å²) in [4.78, 5) is 10.4. The average molecular weight is 258 g/mol. The Bertz CT molecular complexity index is 321. The minimum absolute atomic E-state index is 0.337. The molecule has 1 atom stereocenters. The molecule has 0 radical (unpaired) electrons. The molecule has 0 saturated carbocycles. The van der Waals surface area contributed by atoms with E-state index in [1.807, 2.05) is 6.07 Å². The molecule has 1 aliphatic rings. The number of anilines is 1. The van der Waals surface area contributed by atoms with E-state index in [0.29, 0.717) is 6.10 Å².